The molecule has 1 aliphatic heterocycles. The van der Waals surface area contributed by atoms with Crippen molar-refractivity contribution < 1.29 is 9.59 Å². The van der Waals surface area contributed by atoms with Gasteiger partial charge in [-0.2, -0.15) is 0 Å². The smallest absolute Gasteiger partial charge is 0.254 e. The second kappa shape index (κ2) is 10.9. The number of amides is 2. The van der Waals surface area contributed by atoms with E-state index in [2.05, 4.69) is 22.1 Å². The highest BCUT2D eigenvalue weighted by Crippen LogP contribution is 2.34. The highest BCUT2D eigenvalue weighted by molar-refractivity contribution is 7.99. The quantitative estimate of drug-likeness (QED) is 0.346. The summed E-state index contributed by atoms with van der Waals surface area (Å²) in [5, 5.41) is 12.8. The molecule has 1 N–H and O–H groups in total. The summed E-state index contributed by atoms with van der Waals surface area (Å²) in [6.07, 6.45) is 3.48. The number of rotatable bonds is 8. The van der Waals surface area contributed by atoms with Gasteiger partial charge in [0.25, 0.3) is 5.91 Å². The number of benzene rings is 2. The number of anilines is 1. The third kappa shape index (κ3) is 5.34. The average molecular weight is 496 g/mol. The molecule has 9 heteroatoms. The van der Waals surface area contributed by atoms with Crippen LogP contribution in [0.4, 0.5) is 5.69 Å². The Bertz CT molecular complexity index is 1210. The van der Waals surface area contributed by atoms with Crippen LogP contribution in [0.3, 0.4) is 0 Å². The number of aromatic nitrogens is 3. The summed E-state index contributed by atoms with van der Waals surface area (Å²) in [6, 6.07) is 14.5. The van der Waals surface area contributed by atoms with E-state index < -0.39 is 0 Å². The van der Waals surface area contributed by atoms with Crippen LogP contribution in [0.2, 0.25) is 5.02 Å². The van der Waals surface area contributed by atoms with E-state index in [4.69, 9.17) is 11.6 Å². The van der Waals surface area contributed by atoms with E-state index in [-0.39, 0.29) is 23.6 Å². The summed E-state index contributed by atoms with van der Waals surface area (Å²) in [5.41, 5.74) is 2.30. The van der Waals surface area contributed by atoms with Crippen LogP contribution >= 0.6 is 23.4 Å². The number of carbonyl (C=O) groups is 2. The van der Waals surface area contributed by atoms with E-state index in [9.17, 15) is 9.59 Å². The van der Waals surface area contributed by atoms with Gasteiger partial charge >= 0.3 is 0 Å². The third-order valence-corrected chi connectivity index (χ3v) is 6.89. The topological polar surface area (TPSA) is 80.1 Å². The minimum atomic E-state index is -0.172. The van der Waals surface area contributed by atoms with Crippen molar-refractivity contribution in [3.8, 4) is 0 Å². The molecule has 0 spiro atoms. The van der Waals surface area contributed by atoms with E-state index in [1.807, 2.05) is 40.7 Å². The van der Waals surface area contributed by atoms with Crippen LogP contribution in [0, 0.1) is 6.92 Å². The Morgan fingerprint density at radius 3 is 2.82 bits per heavy atom. The number of nitrogens with one attached hydrogen (secondary N) is 1. The number of carbonyl (C=O) groups excluding carboxylic acids is 2. The number of likely N-dealkylation sites (tertiary alicyclic amines) is 1. The number of allylic oxidation sites excluding steroid dienone is 1. The zero-order valence-electron chi connectivity index (χ0n) is 18.9. The molecule has 0 radical (unpaired) electrons. The largest absolute Gasteiger partial charge is 0.328 e. The summed E-state index contributed by atoms with van der Waals surface area (Å²) < 4.78 is 1.94. The van der Waals surface area contributed by atoms with Gasteiger partial charge < -0.3 is 14.8 Å². The Morgan fingerprint density at radius 1 is 1.24 bits per heavy atom. The summed E-state index contributed by atoms with van der Waals surface area (Å²) in [5.74, 6) is 0.721. The van der Waals surface area contributed by atoms with Crippen LogP contribution in [0.1, 0.15) is 40.6 Å². The first-order chi connectivity index (χ1) is 16.5. The molecule has 1 aliphatic rings. The van der Waals surface area contributed by atoms with Crippen molar-refractivity contribution in [1.29, 1.82) is 0 Å². The first-order valence-corrected chi connectivity index (χ1v) is 12.4. The monoisotopic (exact) mass is 495 g/mol. The molecule has 0 saturated carbocycles. The molecule has 1 unspecified atom stereocenters. The van der Waals surface area contributed by atoms with E-state index in [0.29, 0.717) is 34.5 Å². The number of hydrogen-bond donors (Lipinski definition) is 1. The molecule has 0 bridgehead atoms. The van der Waals surface area contributed by atoms with Crippen LogP contribution in [0.5, 0.6) is 0 Å². The lowest BCUT2D eigenvalue weighted by Crippen LogP contribution is -2.32. The van der Waals surface area contributed by atoms with Crippen LogP contribution in [0.25, 0.3) is 0 Å². The van der Waals surface area contributed by atoms with Gasteiger partial charge in [-0.25, -0.2) is 0 Å². The van der Waals surface area contributed by atoms with Gasteiger partial charge in [0.2, 0.25) is 5.91 Å². The van der Waals surface area contributed by atoms with E-state index >= 15 is 0 Å². The predicted octanol–water partition coefficient (Wildman–Crippen LogP) is 5.13. The van der Waals surface area contributed by atoms with Crippen molar-refractivity contribution in [1.82, 2.24) is 19.7 Å². The van der Waals surface area contributed by atoms with Crippen molar-refractivity contribution in [2.75, 3.05) is 17.6 Å². The SMILES string of the molecule is C=CCn1c(SCC(=O)Nc2cccc(Cl)c2)nnc1C1CCCN1C(=O)c1ccccc1C. The molecule has 1 saturated heterocycles. The third-order valence-electron chi connectivity index (χ3n) is 5.69. The minimum absolute atomic E-state index is 0.00357. The Kier molecular flexibility index (Phi) is 7.70. The number of halogens is 1. The Hall–Kier alpha value is -3.10. The Labute approximate surface area is 208 Å². The van der Waals surface area contributed by atoms with Crippen LogP contribution in [-0.2, 0) is 11.3 Å². The van der Waals surface area contributed by atoms with Crippen molar-refractivity contribution in [3.63, 3.8) is 0 Å². The number of hydrogen-bond acceptors (Lipinski definition) is 5. The fraction of sp³-hybridized carbons (Fsp3) is 0.280. The number of aryl methyl sites for hydroxylation is 1. The number of thioether (sulfide) groups is 1. The van der Waals surface area contributed by atoms with Gasteiger partial charge in [-0.3, -0.25) is 9.59 Å². The lowest BCUT2D eigenvalue weighted by Gasteiger charge is -2.25. The molecule has 176 valence electrons. The minimum Gasteiger partial charge on any atom is -0.328 e. The van der Waals surface area contributed by atoms with Crippen LogP contribution < -0.4 is 5.32 Å². The summed E-state index contributed by atoms with van der Waals surface area (Å²) in [6.45, 7) is 6.96. The van der Waals surface area contributed by atoms with Gasteiger partial charge in [-0.1, -0.05) is 53.7 Å². The van der Waals surface area contributed by atoms with Gasteiger partial charge in [0, 0.05) is 29.4 Å². The zero-order valence-corrected chi connectivity index (χ0v) is 20.5. The molecule has 0 aliphatic carbocycles. The fourth-order valence-corrected chi connectivity index (χ4v) is 5.04. The van der Waals surface area contributed by atoms with E-state index in [1.165, 1.54) is 11.8 Å². The first-order valence-electron chi connectivity index (χ1n) is 11.1. The summed E-state index contributed by atoms with van der Waals surface area (Å²) >= 11 is 7.29. The summed E-state index contributed by atoms with van der Waals surface area (Å²) in [4.78, 5) is 27.7. The lowest BCUT2D eigenvalue weighted by molar-refractivity contribution is -0.113. The van der Waals surface area contributed by atoms with Gasteiger partial charge in [-0.15, -0.1) is 16.8 Å². The van der Waals surface area contributed by atoms with Gasteiger partial charge in [0.05, 0.1) is 11.8 Å². The van der Waals surface area contributed by atoms with Crippen molar-refractivity contribution >= 4 is 40.9 Å². The van der Waals surface area contributed by atoms with Crippen molar-refractivity contribution in [2.24, 2.45) is 0 Å². The van der Waals surface area contributed by atoms with Crippen molar-refractivity contribution in [2.45, 2.75) is 37.5 Å². The molecular formula is C25H26ClN5O2S. The molecule has 1 aromatic heterocycles. The van der Waals surface area contributed by atoms with Crippen LogP contribution in [0.15, 0.2) is 66.3 Å². The molecule has 4 rings (SSSR count). The molecule has 1 fully saturated rings. The normalized spacial score (nSPS) is 15.4. The second-order valence-corrected chi connectivity index (χ2v) is 9.44. The lowest BCUT2D eigenvalue weighted by atomic mass is 10.1. The molecule has 2 heterocycles. The maximum absolute atomic E-state index is 13.3. The summed E-state index contributed by atoms with van der Waals surface area (Å²) in [7, 11) is 0. The van der Waals surface area contributed by atoms with Crippen molar-refractivity contribution in [3.05, 3.63) is 83.2 Å². The molecule has 34 heavy (non-hydrogen) atoms. The predicted molar refractivity (Wildman–Crippen MR) is 135 cm³/mol. The second-order valence-electron chi connectivity index (χ2n) is 8.06. The van der Waals surface area contributed by atoms with E-state index in [0.717, 1.165) is 24.2 Å². The molecule has 1 atom stereocenters. The molecule has 7 nitrogen and oxygen atoms in total. The van der Waals surface area contributed by atoms with Crippen LogP contribution in [-0.4, -0.2) is 43.8 Å². The number of nitrogens with zero attached hydrogens (tertiary/aromatic N) is 4. The molecular weight excluding hydrogens is 470 g/mol. The highest BCUT2D eigenvalue weighted by atomic mass is 35.5. The van der Waals surface area contributed by atoms with E-state index in [1.54, 1.807) is 30.3 Å². The highest BCUT2D eigenvalue weighted by Gasteiger charge is 2.35. The standard InChI is InChI=1S/C25H26ClN5O2S/c1-3-13-31-23(21-12-7-14-30(21)24(33)20-11-5-4-8-17(20)2)28-29-25(31)34-16-22(32)27-19-10-6-9-18(26)15-19/h3-6,8-11,15,21H,1,7,12-14,16H2,2H3,(H,27,32). The maximum Gasteiger partial charge on any atom is 0.254 e. The van der Waals surface area contributed by atoms with Gasteiger partial charge in [-0.05, 0) is 49.6 Å². The maximum atomic E-state index is 13.3. The zero-order chi connectivity index (χ0) is 24.1. The van der Waals surface area contributed by atoms with Gasteiger partial charge in [0.1, 0.15) is 0 Å². The average Bonchev–Trinajstić information content (AvgIpc) is 3.45. The Morgan fingerprint density at radius 2 is 2.06 bits per heavy atom. The molecule has 3 aromatic rings. The van der Waals surface area contributed by atoms with Gasteiger partial charge in [0.15, 0.2) is 11.0 Å². The fourth-order valence-electron chi connectivity index (χ4n) is 4.09. The first kappa shape index (κ1) is 24.0. The Balaban J connectivity index is 1.50. The molecule has 2 aromatic carbocycles. The molecule has 2 amide bonds.